The molecule has 0 radical (unpaired) electrons. The Kier molecular flexibility index (Phi) is 11.4. The minimum atomic E-state index is 0.0308. The van der Waals surface area contributed by atoms with Crippen molar-refractivity contribution in [1.29, 1.82) is 0 Å². The SMILES string of the molecule is CC(C)c1ccc(N(c2ccc(-c3cn4ccccc4n3)cc2)c2ccc(-c3nc4ccccc4nc3-c3ccc(N(c4ccc(-c5cn6ccccc6n5)cc4)c4ccc(C(C)(C)C)cc4)cc3)cc2)cc1. The maximum absolute atomic E-state index is 5.32. The molecule has 354 valence electrons. The molecule has 0 saturated carbocycles. The van der Waals surface area contributed by atoms with E-state index in [-0.39, 0.29) is 5.41 Å². The number of benzene rings is 7. The molecule has 0 unspecified atom stereocenters. The number of hydrogen-bond acceptors (Lipinski definition) is 6. The second kappa shape index (κ2) is 18.6. The number of anilines is 6. The maximum atomic E-state index is 5.32. The van der Waals surface area contributed by atoms with Crippen LogP contribution in [0.1, 0.15) is 51.7 Å². The fraction of sp³-hybridized carbons (Fsp3) is 0.108. The number of nitrogens with zero attached hydrogens (tertiary/aromatic N) is 8. The second-order valence-corrected chi connectivity index (χ2v) is 20.0. The molecule has 5 heterocycles. The van der Waals surface area contributed by atoms with Crippen LogP contribution in [0.4, 0.5) is 34.1 Å². The van der Waals surface area contributed by atoms with Gasteiger partial charge < -0.3 is 18.6 Å². The van der Waals surface area contributed by atoms with Crippen molar-refractivity contribution in [2.75, 3.05) is 9.80 Å². The highest BCUT2D eigenvalue weighted by Crippen LogP contribution is 2.41. The predicted octanol–water partition coefficient (Wildman–Crippen LogP) is 17.0. The number of rotatable bonds is 11. The van der Waals surface area contributed by atoms with E-state index in [1.807, 2.05) is 73.1 Å². The third-order valence-corrected chi connectivity index (χ3v) is 13.7. The molecule has 12 aromatic rings. The lowest BCUT2D eigenvalue weighted by molar-refractivity contribution is 0.590. The largest absolute Gasteiger partial charge is 0.311 e. The van der Waals surface area contributed by atoms with Gasteiger partial charge in [0.15, 0.2) is 0 Å². The summed E-state index contributed by atoms with van der Waals surface area (Å²) in [4.78, 5) is 25.0. The number of pyridine rings is 2. The van der Waals surface area contributed by atoms with E-state index in [1.165, 1.54) is 11.1 Å². The Morgan fingerprint density at radius 2 is 0.712 bits per heavy atom. The lowest BCUT2D eigenvalue weighted by Crippen LogP contribution is -2.13. The highest BCUT2D eigenvalue weighted by Gasteiger charge is 2.21. The molecule has 73 heavy (non-hydrogen) atoms. The molecule has 8 nitrogen and oxygen atoms in total. The summed E-state index contributed by atoms with van der Waals surface area (Å²) in [6, 6.07) is 72.9. The van der Waals surface area contributed by atoms with Crippen molar-refractivity contribution in [3.05, 3.63) is 242 Å². The quantitative estimate of drug-likeness (QED) is 0.129. The van der Waals surface area contributed by atoms with Crippen molar-refractivity contribution >= 4 is 56.5 Å². The van der Waals surface area contributed by atoms with Crippen molar-refractivity contribution in [3.63, 3.8) is 0 Å². The third kappa shape index (κ3) is 8.89. The zero-order valence-corrected chi connectivity index (χ0v) is 41.6. The van der Waals surface area contributed by atoms with E-state index in [1.54, 1.807) is 0 Å². The number of para-hydroxylation sites is 2. The van der Waals surface area contributed by atoms with Crippen molar-refractivity contribution in [1.82, 2.24) is 28.7 Å². The van der Waals surface area contributed by atoms with Gasteiger partial charge in [-0.3, -0.25) is 0 Å². The molecular formula is C65H54N8. The van der Waals surface area contributed by atoms with Crippen LogP contribution in [-0.2, 0) is 5.41 Å². The maximum Gasteiger partial charge on any atom is 0.137 e. The lowest BCUT2D eigenvalue weighted by atomic mass is 9.87. The summed E-state index contributed by atoms with van der Waals surface area (Å²) in [6.45, 7) is 11.2. The number of aromatic nitrogens is 6. The first-order valence-electron chi connectivity index (χ1n) is 25.0. The minimum Gasteiger partial charge on any atom is -0.311 e. The van der Waals surface area contributed by atoms with Gasteiger partial charge in [0.25, 0.3) is 0 Å². The molecule has 0 atom stereocenters. The normalized spacial score (nSPS) is 11.8. The van der Waals surface area contributed by atoms with Gasteiger partial charge in [-0.2, -0.15) is 0 Å². The molecule has 5 aromatic heterocycles. The van der Waals surface area contributed by atoms with Crippen LogP contribution in [0.15, 0.2) is 231 Å². The van der Waals surface area contributed by atoms with E-state index in [0.29, 0.717) is 5.92 Å². The molecule has 7 aromatic carbocycles. The van der Waals surface area contributed by atoms with E-state index < -0.39 is 0 Å². The van der Waals surface area contributed by atoms with Crippen LogP contribution in [0.3, 0.4) is 0 Å². The molecule has 12 rings (SSSR count). The lowest BCUT2D eigenvalue weighted by Gasteiger charge is -2.27. The van der Waals surface area contributed by atoms with Crippen molar-refractivity contribution in [3.8, 4) is 45.0 Å². The van der Waals surface area contributed by atoms with Crippen LogP contribution < -0.4 is 9.80 Å². The summed E-state index contributed by atoms with van der Waals surface area (Å²) >= 11 is 0. The topological polar surface area (TPSA) is 66.9 Å². The number of fused-ring (bicyclic) bond motifs is 3. The summed E-state index contributed by atoms with van der Waals surface area (Å²) in [5.74, 6) is 0.428. The summed E-state index contributed by atoms with van der Waals surface area (Å²) in [5, 5.41) is 0. The van der Waals surface area contributed by atoms with Crippen LogP contribution in [0, 0.1) is 0 Å². The molecule has 8 heteroatoms. The average molecular weight is 947 g/mol. The minimum absolute atomic E-state index is 0.0308. The Bertz CT molecular complexity index is 3820. The van der Waals surface area contributed by atoms with Crippen LogP contribution in [0.5, 0.6) is 0 Å². The highest BCUT2D eigenvalue weighted by molar-refractivity contribution is 5.88. The zero-order chi connectivity index (χ0) is 49.6. The Hall–Kier alpha value is -9.14. The first-order valence-corrected chi connectivity index (χ1v) is 25.0. The van der Waals surface area contributed by atoms with Gasteiger partial charge in [0.05, 0.1) is 33.8 Å². The fourth-order valence-electron chi connectivity index (χ4n) is 9.66. The first-order chi connectivity index (χ1) is 35.6. The molecule has 0 amide bonds. The van der Waals surface area contributed by atoms with Crippen LogP contribution >= 0.6 is 0 Å². The first kappa shape index (κ1) is 45.0. The van der Waals surface area contributed by atoms with Crippen molar-refractivity contribution < 1.29 is 0 Å². The molecule has 0 fully saturated rings. The predicted molar refractivity (Wildman–Crippen MR) is 301 cm³/mol. The molecule has 0 aliphatic carbocycles. The summed E-state index contributed by atoms with van der Waals surface area (Å²) in [7, 11) is 0. The van der Waals surface area contributed by atoms with Gasteiger partial charge in [0.2, 0.25) is 0 Å². The van der Waals surface area contributed by atoms with Gasteiger partial charge in [0.1, 0.15) is 11.3 Å². The molecule has 0 bridgehead atoms. The van der Waals surface area contributed by atoms with Crippen LogP contribution in [0.25, 0.3) is 67.4 Å². The smallest absolute Gasteiger partial charge is 0.137 e. The van der Waals surface area contributed by atoms with Crippen molar-refractivity contribution in [2.24, 2.45) is 0 Å². The summed E-state index contributed by atoms with van der Waals surface area (Å²) < 4.78 is 4.11. The third-order valence-electron chi connectivity index (χ3n) is 13.7. The number of imidazole rings is 2. The van der Waals surface area contributed by atoms with E-state index in [0.717, 1.165) is 101 Å². The van der Waals surface area contributed by atoms with Gasteiger partial charge in [0, 0.05) is 81.2 Å². The van der Waals surface area contributed by atoms with Crippen LogP contribution in [-0.4, -0.2) is 28.7 Å². The molecule has 0 aliphatic rings. The van der Waals surface area contributed by atoms with Gasteiger partial charge in [-0.15, -0.1) is 0 Å². The standard InChI is InChI=1S/C65H54N8/c1-44(2)45-16-28-51(29-17-45)72(52-30-18-46(19-31-52)59-42-70-40-10-8-14-61(70)66-59)54-34-22-48(23-35-54)63-64(69-58-13-7-6-12-57(58)68-63)49-24-36-55(37-25-49)73(56-38-26-50(27-39-56)65(3,4)5)53-32-20-47(21-33-53)60-43-71-41-11-9-15-62(71)67-60/h6-44H,1-5H3. The molecule has 0 saturated heterocycles. The van der Waals surface area contributed by atoms with E-state index in [4.69, 9.17) is 19.9 Å². The Labute approximate surface area is 426 Å². The van der Waals surface area contributed by atoms with Crippen molar-refractivity contribution in [2.45, 2.75) is 46.0 Å². The Morgan fingerprint density at radius 3 is 1.07 bits per heavy atom. The molecule has 0 aliphatic heterocycles. The molecule has 0 N–H and O–H groups in total. The summed E-state index contributed by atoms with van der Waals surface area (Å²) in [6.07, 6.45) is 8.22. The summed E-state index contributed by atoms with van der Waals surface area (Å²) in [5.41, 5.74) is 20.0. The molecule has 0 spiro atoms. The van der Waals surface area contributed by atoms with Crippen LogP contribution in [0.2, 0.25) is 0 Å². The van der Waals surface area contributed by atoms with Gasteiger partial charge in [-0.05, 0) is 132 Å². The molecular weight excluding hydrogens is 893 g/mol. The number of hydrogen-bond donors (Lipinski definition) is 0. The Morgan fingerprint density at radius 1 is 0.370 bits per heavy atom. The van der Waals surface area contributed by atoms with E-state index >= 15 is 0 Å². The van der Waals surface area contributed by atoms with E-state index in [2.05, 4.69) is 211 Å². The highest BCUT2D eigenvalue weighted by atomic mass is 15.1. The zero-order valence-electron chi connectivity index (χ0n) is 41.6. The average Bonchev–Trinajstić information content (AvgIpc) is 4.07. The van der Waals surface area contributed by atoms with E-state index in [9.17, 15) is 0 Å². The van der Waals surface area contributed by atoms with Gasteiger partial charge >= 0.3 is 0 Å². The van der Waals surface area contributed by atoms with Gasteiger partial charge in [-0.25, -0.2) is 19.9 Å². The monoisotopic (exact) mass is 946 g/mol. The van der Waals surface area contributed by atoms with Gasteiger partial charge in [-0.1, -0.05) is 132 Å². The second-order valence-electron chi connectivity index (χ2n) is 20.0. The Balaban J connectivity index is 0.899. The fourth-order valence-corrected chi connectivity index (χ4v) is 9.66.